The van der Waals surface area contributed by atoms with E-state index in [0.717, 1.165) is 5.39 Å². The van der Waals surface area contributed by atoms with Gasteiger partial charge in [-0.05, 0) is 30.3 Å². The second kappa shape index (κ2) is 4.49. The van der Waals surface area contributed by atoms with E-state index in [4.69, 9.17) is 10.5 Å². The molecule has 0 amide bonds. The van der Waals surface area contributed by atoms with Gasteiger partial charge in [-0.15, -0.1) is 0 Å². The molecule has 1 aromatic heterocycles. The summed E-state index contributed by atoms with van der Waals surface area (Å²) in [6.45, 7) is 0. The van der Waals surface area contributed by atoms with Crippen LogP contribution in [0.25, 0.3) is 10.9 Å². The summed E-state index contributed by atoms with van der Waals surface area (Å²) in [5.41, 5.74) is 6.90. The molecule has 0 bridgehead atoms. The van der Waals surface area contributed by atoms with Crippen molar-refractivity contribution in [1.29, 1.82) is 0 Å². The third-order valence-corrected chi connectivity index (χ3v) is 2.80. The highest BCUT2D eigenvalue weighted by Gasteiger charge is 2.06. The summed E-state index contributed by atoms with van der Waals surface area (Å²) in [4.78, 5) is 14.4. The van der Waals surface area contributed by atoms with Crippen LogP contribution >= 0.6 is 0 Å². The third-order valence-electron chi connectivity index (χ3n) is 2.80. The molecule has 3 N–H and O–H groups in total. The minimum absolute atomic E-state index is 0.205. The zero-order valence-corrected chi connectivity index (χ0v) is 10.1. The van der Waals surface area contributed by atoms with Gasteiger partial charge < -0.3 is 15.5 Å². The van der Waals surface area contributed by atoms with Gasteiger partial charge in [-0.25, -0.2) is 0 Å². The Kier molecular flexibility index (Phi) is 2.68. The van der Waals surface area contributed by atoms with E-state index in [0.29, 0.717) is 22.7 Å². The van der Waals surface area contributed by atoms with Gasteiger partial charge in [-0.2, -0.15) is 0 Å². The number of fused-ring (bicyclic) bond motifs is 1. The van der Waals surface area contributed by atoms with Crippen LogP contribution in [0.3, 0.4) is 0 Å². The van der Waals surface area contributed by atoms with Crippen LogP contribution in [0.5, 0.6) is 11.5 Å². The van der Waals surface area contributed by atoms with Gasteiger partial charge in [0, 0.05) is 17.1 Å². The van der Waals surface area contributed by atoms with Crippen molar-refractivity contribution in [3.8, 4) is 11.5 Å². The Hall–Kier alpha value is -2.75. The fourth-order valence-corrected chi connectivity index (χ4v) is 1.94. The van der Waals surface area contributed by atoms with Crippen LogP contribution in [0.15, 0.2) is 59.4 Å². The topological polar surface area (TPSA) is 68.1 Å². The summed E-state index contributed by atoms with van der Waals surface area (Å²) in [5.74, 6) is 1.18. The van der Waals surface area contributed by atoms with E-state index < -0.39 is 0 Å². The summed E-state index contributed by atoms with van der Waals surface area (Å²) in [5, 5.41) is 0.781. The van der Waals surface area contributed by atoms with Crippen LogP contribution in [-0.2, 0) is 0 Å². The highest BCUT2D eigenvalue weighted by molar-refractivity contribution is 5.87. The SMILES string of the molecule is Nc1ccc2[nH]c(=O)cc(Oc3ccccc3)c2c1. The Labute approximate surface area is 109 Å². The molecule has 0 saturated heterocycles. The van der Waals surface area contributed by atoms with E-state index in [2.05, 4.69) is 4.98 Å². The highest BCUT2D eigenvalue weighted by atomic mass is 16.5. The third kappa shape index (κ3) is 2.28. The number of anilines is 1. The number of hydrogen-bond donors (Lipinski definition) is 2. The van der Waals surface area contributed by atoms with Crippen molar-refractivity contribution in [3.63, 3.8) is 0 Å². The monoisotopic (exact) mass is 252 g/mol. The van der Waals surface area contributed by atoms with Crippen LogP contribution < -0.4 is 16.0 Å². The van der Waals surface area contributed by atoms with Crippen molar-refractivity contribution < 1.29 is 4.74 Å². The molecule has 0 fully saturated rings. The first-order valence-electron chi connectivity index (χ1n) is 5.88. The number of H-pyrrole nitrogens is 1. The molecular formula is C15H12N2O2. The first kappa shape index (κ1) is 11.3. The normalized spacial score (nSPS) is 10.5. The Bertz CT molecular complexity index is 779. The molecule has 3 aromatic rings. The van der Waals surface area contributed by atoms with E-state index in [9.17, 15) is 4.79 Å². The molecule has 0 unspecified atom stereocenters. The highest BCUT2D eigenvalue weighted by Crippen LogP contribution is 2.28. The summed E-state index contributed by atoms with van der Waals surface area (Å²) < 4.78 is 5.75. The average Bonchev–Trinajstić information content (AvgIpc) is 2.41. The Morgan fingerprint density at radius 2 is 1.79 bits per heavy atom. The molecule has 0 aliphatic rings. The smallest absolute Gasteiger partial charge is 0.252 e. The lowest BCUT2D eigenvalue weighted by Gasteiger charge is -2.09. The predicted octanol–water partition coefficient (Wildman–Crippen LogP) is 2.90. The number of ether oxygens (including phenoxy) is 1. The molecule has 0 saturated carbocycles. The van der Waals surface area contributed by atoms with Gasteiger partial charge >= 0.3 is 0 Å². The minimum Gasteiger partial charge on any atom is -0.456 e. The molecule has 0 spiro atoms. The number of para-hydroxylation sites is 1. The van der Waals surface area contributed by atoms with E-state index in [-0.39, 0.29) is 5.56 Å². The van der Waals surface area contributed by atoms with E-state index >= 15 is 0 Å². The second-order valence-electron chi connectivity index (χ2n) is 4.22. The first-order chi connectivity index (χ1) is 9.22. The van der Waals surface area contributed by atoms with Crippen LogP contribution in [0.2, 0.25) is 0 Å². The summed E-state index contributed by atoms with van der Waals surface area (Å²) >= 11 is 0. The van der Waals surface area contributed by atoms with Crippen molar-refractivity contribution in [2.75, 3.05) is 5.73 Å². The molecule has 1 heterocycles. The molecule has 3 rings (SSSR count). The molecule has 0 atom stereocenters. The van der Waals surface area contributed by atoms with Crippen LogP contribution in [-0.4, -0.2) is 4.98 Å². The molecule has 2 aromatic carbocycles. The zero-order valence-electron chi connectivity index (χ0n) is 10.1. The number of benzene rings is 2. The number of pyridine rings is 1. The average molecular weight is 252 g/mol. The quantitative estimate of drug-likeness (QED) is 0.689. The lowest BCUT2D eigenvalue weighted by molar-refractivity contribution is 0.487. The lowest BCUT2D eigenvalue weighted by atomic mass is 10.2. The van der Waals surface area contributed by atoms with Crippen LogP contribution in [0.4, 0.5) is 5.69 Å². The molecule has 19 heavy (non-hydrogen) atoms. The van der Waals surface area contributed by atoms with Crippen LogP contribution in [0, 0.1) is 0 Å². The number of nitrogen functional groups attached to an aromatic ring is 1. The number of nitrogens with one attached hydrogen (secondary N) is 1. The number of rotatable bonds is 2. The van der Waals surface area contributed by atoms with Gasteiger partial charge in [0.1, 0.15) is 11.5 Å². The van der Waals surface area contributed by atoms with Gasteiger partial charge in [0.15, 0.2) is 0 Å². The number of nitrogens with two attached hydrogens (primary N) is 1. The summed E-state index contributed by atoms with van der Waals surface area (Å²) in [6.07, 6.45) is 0. The fraction of sp³-hybridized carbons (Fsp3) is 0. The minimum atomic E-state index is -0.205. The Balaban J connectivity index is 2.17. The lowest BCUT2D eigenvalue weighted by Crippen LogP contribution is -2.05. The van der Waals surface area contributed by atoms with Crippen molar-refractivity contribution in [2.24, 2.45) is 0 Å². The number of aromatic amines is 1. The van der Waals surface area contributed by atoms with Gasteiger partial charge in [0.25, 0.3) is 5.56 Å². The second-order valence-corrected chi connectivity index (χ2v) is 4.22. The van der Waals surface area contributed by atoms with E-state index in [1.54, 1.807) is 18.2 Å². The summed E-state index contributed by atoms with van der Waals surface area (Å²) in [6, 6.07) is 16.0. The molecule has 4 heteroatoms. The van der Waals surface area contributed by atoms with Crippen molar-refractivity contribution >= 4 is 16.6 Å². The molecular weight excluding hydrogens is 240 g/mol. The molecule has 4 nitrogen and oxygen atoms in total. The molecule has 0 aliphatic carbocycles. The standard InChI is InChI=1S/C15H12N2O2/c16-10-6-7-13-12(8-10)14(9-15(18)17-13)19-11-4-2-1-3-5-11/h1-9H,16H2,(H,17,18). The van der Waals surface area contributed by atoms with Crippen molar-refractivity contribution in [2.45, 2.75) is 0 Å². The zero-order chi connectivity index (χ0) is 13.2. The maximum atomic E-state index is 11.6. The van der Waals surface area contributed by atoms with Gasteiger partial charge in [-0.1, -0.05) is 18.2 Å². The summed E-state index contributed by atoms with van der Waals surface area (Å²) in [7, 11) is 0. The van der Waals surface area contributed by atoms with Gasteiger partial charge in [0.05, 0.1) is 5.52 Å². The fourth-order valence-electron chi connectivity index (χ4n) is 1.94. The van der Waals surface area contributed by atoms with Gasteiger partial charge in [0.2, 0.25) is 0 Å². The maximum Gasteiger partial charge on any atom is 0.252 e. The molecule has 94 valence electrons. The van der Waals surface area contributed by atoms with Crippen molar-refractivity contribution in [3.05, 3.63) is 65.0 Å². The molecule has 0 radical (unpaired) electrons. The van der Waals surface area contributed by atoms with E-state index in [1.165, 1.54) is 6.07 Å². The van der Waals surface area contributed by atoms with Crippen molar-refractivity contribution in [1.82, 2.24) is 4.98 Å². The predicted molar refractivity (Wildman–Crippen MR) is 75.5 cm³/mol. The Morgan fingerprint density at radius 3 is 2.58 bits per heavy atom. The first-order valence-corrected chi connectivity index (χ1v) is 5.88. The Morgan fingerprint density at radius 1 is 1.00 bits per heavy atom. The number of aromatic nitrogens is 1. The number of hydrogen-bond acceptors (Lipinski definition) is 3. The largest absolute Gasteiger partial charge is 0.456 e. The van der Waals surface area contributed by atoms with Crippen LogP contribution in [0.1, 0.15) is 0 Å². The van der Waals surface area contributed by atoms with Gasteiger partial charge in [-0.3, -0.25) is 4.79 Å². The maximum absolute atomic E-state index is 11.6. The van der Waals surface area contributed by atoms with E-state index in [1.807, 2.05) is 30.3 Å². The molecule has 0 aliphatic heterocycles.